The zero-order chi connectivity index (χ0) is 19.6. The maximum atomic E-state index is 10.4. The van der Waals surface area contributed by atoms with E-state index < -0.39 is 6.10 Å². The van der Waals surface area contributed by atoms with Crippen molar-refractivity contribution in [3.8, 4) is 5.75 Å². The highest BCUT2D eigenvalue weighted by molar-refractivity contribution is 7.99. The number of hydrogen-bond acceptors (Lipinski definition) is 6. The third kappa shape index (κ3) is 7.56. The van der Waals surface area contributed by atoms with Crippen LogP contribution in [0.25, 0.3) is 0 Å². The number of para-hydroxylation sites is 1. The second-order valence-electron chi connectivity index (χ2n) is 8.07. The molecule has 2 aliphatic heterocycles. The Balaban J connectivity index is 1.42. The van der Waals surface area contributed by atoms with E-state index in [0.717, 1.165) is 62.6 Å². The van der Waals surface area contributed by atoms with Crippen LogP contribution in [0.1, 0.15) is 24.8 Å². The van der Waals surface area contributed by atoms with Gasteiger partial charge in [-0.3, -0.25) is 4.90 Å². The van der Waals surface area contributed by atoms with E-state index in [1.54, 1.807) is 0 Å². The fourth-order valence-electron chi connectivity index (χ4n) is 3.90. The third-order valence-corrected chi connectivity index (χ3v) is 6.62. The number of benzene rings is 1. The maximum absolute atomic E-state index is 10.4. The Kier molecular flexibility index (Phi) is 9.41. The summed E-state index contributed by atoms with van der Waals surface area (Å²) in [7, 11) is 2.18. The molecule has 0 spiro atoms. The summed E-state index contributed by atoms with van der Waals surface area (Å²) >= 11 is 1.99. The van der Waals surface area contributed by atoms with Gasteiger partial charge in [-0.1, -0.05) is 18.2 Å². The summed E-state index contributed by atoms with van der Waals surface area (Å²) < 4.78 is 11.5. The number of aliphatic hydroxyl groups is 1. The molecule has 0 unspecified atom stereocenters. The molecule has 2 aliphatic rings. The fourth-order valence-corrected chi connectivity index (χ4v) is 4.88. The molecule has 2 fully saturated rings. The van der Waals surface area contributed by atoms with Gasteiger partial charge in [-0.05, 0) is 44.8 Å². The van der Waals surface area contributed by atoms with Crippen molar-refractivity contribution >= 4 is 11.8 Å². The second kappa shape index (κ2) is 12.0. The number of rotatable bonds is 10. The number of nitrogens with zero attached hydrogens (tertiary/aromatic N) is 2. The molecule has 0 radical (unpaired) electrons. The first-order valence-electron chi connectivity index (χ1n) is 10.7. The number of thioether (sulfide) groups is 1. The minimum Gasteiger partial charge on any atom is -0.491 e. The van der Waals surface area contributed by atoms with Gasteiger partial charge in [0.25, 0.3) is 0 Å². The van der Waals surface area contributed by atoms with Gasteiger partial charge in [0.15, 0.2) is 0 Å². The van der Waals surface area contributed by atoms with Gasteiger partial charge < -0.3 is 19.5 Å². The fraction of sp³-hybridized carbons (Fsp3) is 0.727. The summed E-state index contributed by atoms with van der Waals surface area (Å²) in [6.07, 6.45) is 3.18. The standard InChI is InChI=1S/C22H36N2O3S/c1-23(9-6-19-7-12-26-13-8-19)16-20-4-2-3-5-22(20)27-18-21(25)17-24-10-14-28-15-11-24/h2-5,19,21,25H,6-18H2,1H3/t21-/m1/s1. The first-order valence-corrected chi connectivity index (χ1v) is 11.8. The Morgan fingerprint density at radius 2 is 2.00 bits per heavy atom. The van der Waals surface area contributed by atoms with Crippen LogP contribution in [0.2, 0.25) is 0 Å². The van der Waals surface area contributed by atoms with Crippen LogP contribution in [-0.2, 0) is 11.3 Å². The molecule has 1 aromatic rings. The first-order chi connectivity index (χ1) is 13.7. The third-order valence-electron chi connectivity index (χ3n) is 5.68. The van der Waals surface area contributed by atoms with Gasteiger partial charge in [-0.2, -0.15) is 11.8 Å². The normalized spacial score (nSPS) is 20.4. The highest BCUT2D eigenvalue weighted by Gasteiger charge is 2.17. The summed E-state index contributed by atoms with van der Waals surface area (Å²) in [6, 6.07) is 8.23. The Bertz CT molecular complexity index is 562. The number of aliphatic hydroxyl groups excluding tert-OH is 1. The molecular formula is C22H36N2O3S. The highest BCUT2D eigenvalue weighted by Crippen LogP contribution is 2.22. The molecule has 3 rings (SSSR count). The molecule has 0 aromatic heterocycles. The van der Waals surface area contributed by atoms with Crippen LogP contribution in [-0.4, -0.2) is 85.6 Å². The van der Waals surface area contributed by atoms with Crippen LogP contribution in [0.5, 0.6) is 5.75 Å². The number of ether oxygens (including phenoxy) is 2. The van der Waals surface area contributed by atoms with Crippen LogP contribution in [0.15, 0.2) is 24.3 Å². The summed E-state index contributed by atoms with van der Waals surface area (Å²) in [4.78, 5) is 4.71. The van der Waals surface area contributed by atoms with Crippen molar-refractivity contribution < 1.29 is 14.6 Å². The average Bonchev–Trinajstić information content (AvgIpc) is 2.73. The van der Waals surface area contributed by atoms with E-state index in [2.05, 4.69) is 29.0 Å². The molecule has 0 saturated carbocycles. The number of hydrogen-bond donors (Lipinski definition) is 1. The van der Waals surface area contributed by atoms with Gasteiger partial charge in [-0.25, -0.2) is 0 Å². The van der Waals surface area contributed by atoms with E-state index in [9.17, 15) is 5.11 Å². The monoisotopic (exact) mass is 408 g/mol. The summed E-state index contributed by atoms with van der Waals surface area (Å²) in [5.74, 6) is 4.02. The maximum Gasteiger partial charge on any atom is 0.123 e. The molecule has 0 aliphatic carbocycles. The zero-order valence-electron chi connectivity index (χ0n) is 17.2. The molecule has 2 heterocycles. The van der Waals surface area contributed by atoms with Gasteiger partial charge in [0.1, 0.15) is 18.5 Å². The topological polar surface area (TPSA) is 45.2 Å². The van der Waals surface area contributed by atoms with Crippen LogP contribution in [0.3, 0.4) is 0 Å². The molecule has 1 N–H and O–H groups in total. The Hall–Kier alpha value is -0.790. The minimum atomic E-state index is -0.442. The number of β-amino-alcohol motifs (C(OH)–C–C–N with tert-alkyl or cyclic N) is 1. The molecule has 0 amide bonds. The lowest BCUT2D eigenvalue weighted by atomic mass is 9.96. The van der Waals surface area contributed by atoms with Crippen molar-refractivity contribution in [2.45, 2.75) is 31.9 Å². The lowest BCUT2D eigenvalue weighted by Gasteiger charge is -2.28. The van der Waals surface area contributed by atoms with E-state index >= 15 is 0 Å². The molecule has 1 atom stereocenters. The van der Waals surface area contributed by atoms with Crippen LogP contribution < -0.4 is 4.74 Å². The van der Waals surface area contributed by atoms with Gasteiger partial charge in [0.2, 0.25) is 0 Å². The second-order valence-corrected chi connectivity index (χ2v) is 9.29. The predicted molar refractivity (Wildman–Crippen MR) is 116 cm³/mol. The van der Waals surface area contributed by atoms with Crippen LogP contribution >= 0.6 is 11.8 Å². The minimum absolute atomic E-state index is 0.354. The summed E-state index contributed by atoms with van der Waals surface area (Å²) in [5, 5.41) is 10.4. The SMILES string of the molecule is CN(CCC1CCOCC1)Cc1ccccc1OC[C@H](O)CN1CCSCC1. The molecule has 2 saturated heterocycles. The van der Waals surface area contributed by atoms with Crippen molar-refractivity contribution in [1.29, 1.82) is 0 Å². The lowest BCUT2D eigenvalue weighted by Crippen LogP contribution is -2.40. The molecule has 6 heteroatoms. The zero-order valence-corrected chi connectivity index (χ0v) is 18.0. The molecule has 1 aromatic carbocycles. The quantitative estimate of drug-likeness (QED) is 0.642. The smallest absolute Gasteiger partial charge is 0.123 e. The van der Waals surface area contributed by atoms with Gasteiger partial charge >= 0.3 is 0 Å². The van der Waals surface area contributed by atoms with Crippen molar-refractivity contribution in [3.63, 3.8) is 0 Å². The lowest BCUT2D eigenvalue weighted by molar-refractivity contribution is 0.0606. The molecule has 158 valence electrons. The summed E-state index contributed by atoms with van der Waals surface area (Å²) in [5.41, 5.74) is 1.19. The Morgan fingerprint density at radius 3 is 2.79 bits per heavy atom. The molecular weight excluding hydrogens is 372 g/mol. The van der Waals surface area contributed by atoms with Crippen LogP contribution in [0.4, 0.5) is 0 Å². The highest BCUT2D eigenvalue weighted by atomic mass is 32.2. The largest absolute Gasteiger partial charge is 0.491 e. The Labute approximate surface area is 174 Å². The van der Waals surface area contributed by atoms with Gasteiger partial charge in [-0.15, -0.1) is 0 Å². The van der Waals surface area contributed by atoms with E-state index in [-0.39, 0.29) is 0 Å². The van der Waals surface area contributed by atoms with Crippen molar-refractivity contribution in [3.05, 3.63) is 29.8 Å². The van der Waals surface area contributed by atoms with E-state index in [1.165, 1.54) is 24.8 Å². The van der Waals surface area contributed by atoms with Crippen molar-refractivity contribution in [1.82, 2.24) is 9.80 Å². The molecule has 28 heavy (non-hydrogen) atoms. The van der Waals surface area contributed by atoms with Crippen molar-refractivity contribution in [2.24, 2.45) is 5.92 Å². The van der Waals surface area contributed by atoms with Crippen LogP contribution in [0, 0.1) is 5.92 Å². The van der Waals surface area contributed by atoms with E-state index in [1.807, 2.05) is 23.9 Å². The molecule has 0 bridgehead atoms. The summed E-state index contributed by atoms with van der Waals surface area (Å²) in [6.45, 7) is 6.99. The van der Waals surface area contributed by atoms with Crippen molar-refractivity contribution in [2.75, 3.05) is 64.6 Å². The Morgan fingerprint density at radius 1 is 1.25 bits per heavy atom. The first kappa shape index (κ1) is 21.9. The molecule has 5 nitrogen and oxygen atoms in total. The van der Waals surface area contributed by atoms with E-state index in [0.29, 0.717) is 13.2 Å². The van der Waals surface area contributed by atoms with E-state index in [4.69, 9.17) is 9.47 Å². The predicted octanol–water partition coefficient (Wildman–Crippen LogP) is 2.72. The van der Waals surface area contributed by atoms with Gasteiger partial charge in [0.05, 0.1) is 0 Å². The van der Waals surface area contributed by atoms with Gasteiger partial charge in [0, 0.05) is 56.5 Å². The average molecular weight is 409 g/mol.